The van der Waals surface area contributed by atoms with Crippen molar-refractivity contribution in [3.05, 3.63) is 46.0 Å². The van der Waals surface area contributed by atoms with Gasteiger partial charge >= 0.3 is 5.97 Å². The monoisotopic (exact) mass is 369 g/mol. The molecule has 1 spiro atoms. The molecule has 0 aromatic heterocycles. The normalized spacial score (nSPS) is 38.6. The van der Waals surface area contributed by atoms with E-state index in [4.69, 9.17) is 0 Å². The fraction of sp³-hybridized carbons (Fsp3) is 0.550. The zero-order valence-electron chi connectivity index (χ0n) is 15.2. The van der Waals surface area contributed by atoms with Gasteiger partial charge in [0.1, 0.15) is 0 Å². The number of nitrogens with zero attached hydrogens (tertiary/aromatic N) is 2. The van der Waals surface area contributed by atoms with Crippen LogP contribution in [0.25, 0.3) is 0 Å². The molecule has 1 aromatic carbocycles. The molecular weight excluding hydrogens is 346 g/mol. The summed E-state index contributed by atoms with van der Waals surface area (Å²) in [6.07, 6.45) is 6.72. The zero-order valence-corrected chi connectivity index (χ0v) is 15.2. The molecule has 0 amide bonds. The molecule has 4 aliphatic rings. The maximum atomic E-state index is 12.2. The van der Waals surface area contributed by atoms with Crippen LogP contribution in [-0.4, -0.2) is 46.1 Å². The number of nitrogens with one attached hydrogen (secondary N) is 1. The molecule has 27 heavy (non-hydrogen) atoms. The number of carbonyl (C=O) groups is 1. The highest BCUT2D eigenvalue weighted by Crippen LogP contribution is 2.64. The first-order valence-corrected chi connectivity index (χ1v) is 9.63. The van der Waals surface area contributed by atoms with Gasteiger partial charge in [0.25, 0.3) is 5.69 Å². The van der Waals surface area contributed by atoms with Crippen molar-refractivity contribution >= 4 is 17.3 Å². The van der Waals surface area contributed by atoms with E-state index in [1.54, 1.807) is 12.1 Å². The van der Waals surface area contributed by atoms with Crippen LogP contribution >= 0.6 is 0 Å². The first-order chi connectivity index (χ1) is 12.9. The van der Waals surface area contributed by atoms with Crippen molar-refractivity contribution in [1.29, 1.82) is 0 Å². The van der Waals surface area contributed by atoms with Gasteiger partial charge in [0.05, 0.1) is 16.9 Å². The van der Waals surface area contributed by atoms with Crippen molar-refractivity contribution in [2.75, 3.05) is 18.4 Å². The Bertz CT molecular complexity index is 884. The fourth-order valence-corrected chi connectivity index (χ4v) is 6.59. The second-order valence-electron chi connectivity index (χ2n) is 8.43. The van der Waals surface area contributed by atoms with E-state index < -0.39 is 17.3 Å². The van der Waals surface area contributed by atoms with Gasteiger partial charge in [0.15, 0.2) is 0 Å². The van der Waals surface area contributed by atoms with Crippen LogP contribution < -0.4 is 5.32 Å². The number of anilines is 1. The average Bonchev–Trinajstić information content (AvgIpc) is 3.21. The zero-order chi connectivity index (χ0) is 19.0. The third-order valence-electron chi connectivity index (χ3n) is 7.56. The van der Waals surface area contributed by atoms with Crippen LogP contribution in [0.2, 0.25) is 0 Å². The van der Waals surface area contributed by atoms with Gasteiger partial charge < -0.3 is 10.4 Å². The van der Waals surface area contributed by atoms with E-state index in [-0.39, 0.29) is 28.1 Å². The fourth-order valence-electron chi connectivity index (χ4n) is 6.59. The summed E-state index contributed by atoms with van der Waals surface area (Å²) in [6, 6.07) is 4.91. The maximum Gasteiger partial charge on any atom is 0.308 e. The molecule has 7 nitrogen and oxygen atoms in total. The Kier molecular flexibility index (Phi) is 3.30. The van der Waals surface area contributed by atoms with Crippen molar-refractivity contribution in [2.24, 2.45) is 11.3 Å². The number of rotatable bonds is 3. The summed E-state index contributed by atoms with van der Waals surface area (Å²) in [5.41, 5.74) is 1.27. The van der Waals surface area contributed by atoms with Crippen LogP contribution in [0.4, 0.5) is 11.4 Å². The van der Waals surface area contributed by atoms with Gasteiger partial charge in [-0.3, -0.25) is 19.8 Å². The lowest BCUT2D eigenvalue weighted by molar-refractivity contribution is -0.384. The van der Waals surface area contributed by atoms with Crippen LogP contribution in [0, 0.1) is 21.4 Å². The molecule has 3 aliphatic heterocycles. The molecule has 1 saturated heterocycles. The van der Waals surface area contributed by atoms with Gasteiger partial charge in [-0.15, -0.1) is 0 Å². The number of carboxylic acids is 1. The molecule has 5 atom stereocenters. The van der Waals surface area contributed by atoms with Crippen LogP contribution in [0.3, 0.4) is 0 Å². The molecule has 7 heteroatoms. The largest absolute Gasteiger partial charge is 0.481 e. The quantitative estimate of drug-likeness (QED) is 0.483. The molecule has 0 bridgehead atoms. The van der Waals surface area contributed by atoms with Crippen molar-refractivity contribution in [1.82, 2.24) is 4.90 Å². The number of hydrogen-bond acceptors (Lipinski definition) is 5. The van der Waals surface area contributed by atoms with Gasteiger partial charge in [0, 0.05) is 41.2 Å². The van der Waals surface area contributed by atoms with E-state index in [2.05, 4.69) is 29.3 Å². The minimum Gasteiger partial charge on any atom is -0.481 e. The topological polar surface area (TPSA) is 95.7 Å². The number of benzene rings is 1. The van der Waals surface area contributed by atoms with E-state index in [9.17, 15) is 20.0 Å². The van der Waals surface area contributed by atoms with Gasteiger partial charge in [0.2, 0.25) is 0 Å². The first kappa shape index (κ1) is 16.7. The van der Waals surface area contributed by atoms with E-state index >= 15 is 0 Å². The number of aliphatic carboxylic acids is 1. The van der Waals surface area contributed by atoms with Gasteiger partial charge in [-0.05, 0) is 37.4 Å². The molecule has 3 heterocycles. The second-order valence-corrected chi connectivity index (χ2v) is 8.43. The predicted octanol–water partition coefficient (Wildman–Crippen LogP) is 2.77. The lowest BCUT2D eigenvalue weighted by Crippen LogP contribution is -2.66. The standard InChI is InChI=1S/C20H23N3O4/c1-2-19-6-3-8-22-9-7-20(18(19)22)14-10-12(23(26)27)4-5-15(14)21-16(20)13(11-19)17(24)25/h3-6,10,13,16,18,21H,2,7-9,11H2,1H3,(H,24,25)/t13-,16-,18-,19-,20+/m0/s1. The molecule has 1 aliphatic carbocycles. The second kappa shape index (κ2) is 5.32. The Balaban J connectivity index is 1.77. The predicted molar refractivity (Wildman–Crippen MR) is 99.8 cm³/mol. The van der Waals surface area contributed by atoms with Crippen LogP contribution in [0.1, 0.15) is 31.7 Å². The summed E-state index contributed by atoms with van der Waals surface area (Å²) in [5.74, 6) is -1.30. The third kappa shape index (κ3) is 1.92. The number of non-ortho nitro benzene ring substituents is 1. The van der Waals surface area contributed by atoms with Crippen molar-refractivity contribution in [3.8, 4) is 0 Å². The Hall–Kier alpha value is -2.41. The Labute approximate surface area is 157 Å². The maximum absolute atomic E-state index is 12.2. The number of fused-ring (bicyclic) bond motifs is 1. The lowest BCUT2D eigenvalue weighted by Gasteiger charge is -2.57. The Morgan fingerprint density at radius 1 is 1.48 bits per heavy atom. The molecule has 2 fully saturated rings. The molecule has 1 aromatic rings. The summed E-state index contributed by atoms with van der Waals surface area (Å²) in [6.45, 7) is 3.89. The van der Waals surface area contributed by atoms with Gasteiger partial charge in [-0.1, -0.05) is 19.1 Å². The van der Waals surface area contributed by atoms with Gasteiger partial charge in [-0.25, -0.2) is 0 Å². The van der Waals surface area contributed by atoms with E-state index in [0.29, 0.717) is 6.42 Å². The van der Waals surface area contributed by atoms with Crippen LogP contribution in [-0.2, 0) is 10.2 Å². The molecule has 0 radical (unpaired) electrons. The van der Waals surface area contributed by atoms with Crippen molar-refractivity contribution in [3.63, 3.8) is 0 Å². The van der Waals surface area contributed by atoms with E-state index in [1.807, 2.05) is 0 Å². The average molecular weight is 369 g/mol. The molecule has 5 rings (SSSR count). The Morgan fingerprint density at radius 3 is 3.00 bits per heavy atom. The third-order valence-corrected chi connectivity index (χ3v) is 7.56. The summed E-state index contributed by atoms with van der Waals surface area (Å²) >= 11 is 0. The number of nitro benzene ring substituents is 1. The van der Waals surface area contributed by atoms with Crippen molar-refractivity contribution < 1.29 is 14.8 Å². The molecule has 0 unspecified atom stereocenters. The Morgan fingerprint density at radius 2 is 2.30 bits per heavy atom. The molecular formula is C20H23N3O4. The minimum absolute atomic E-state index is 0.0786. The molecule has 2 N–H and O–H groups in total. The highest BCUT2D eigenvalue weighted by Gasteiger charge is 2.69. The number of hydrogen-bond donors (Lipinski definition) is 2. The van der Waals surface area contributed by atoms with Crippen LogP contribution in [0.15, 0.2) is 30.4 Å². The summed E-state index contributed by atoms with van der Waals surface area (Å²) in [7, 11) is 0. The lowest BCUT2D eigenvalue weighted by atomic mass is 9.51. The highest BCUT2D eigenvalue weighted by atomic mass is 16.6. The minimum atomic E-state index is -0.780. The van der Waals surface area contributed by atoms with Gasteiger partial charge in [-0.2, -0.15) is 0 Å². The van der Waals surface area contributed by atoms with E-state index in [0.717, 1.165) is 37.2 Å². The van der Waals surface area contributed by atoms with Crippen molar-refractivity contribution in [2.45, 2.75) is 43.7 Å². The highest BCUT2D eigenvalue weighted by molar-refractivity contribution is 5.77. The number of carboxylic acid groups (broad SMARTS) is 1. The smallest absolute Gasteiger partial charge is 0.308 e. The summed E-state index contributed by atoms with van der Waals surface area (Å²) < 4.78 is 0. The SMILES string of the molecule is CC[C@]12C=CCN3CC[C@]4(c5cc([N+](=O)[O-])ccc5N[C@H]4[C@@H](C(=O)O)C1)[C@@H]32. The summed E-state index contributed by atoms with van der Waals surface area (Å²) in [4.78, 5) is 25.8. The van der Waals surface area contributed by atoms with Crippen LogP contribution in [0.5, 0.6) is 0 Å². The molecule has 142 valence electrons. The van der Waals surface area contributed by atoms with E-state index in [1.165, 1.54) is 6.07 Å². The molecule has 1 saturated carbocycles. The first-order valence-electron chi connectivity index (χ1n) is 9.63. The number of nitro groups is 1. The summed E-state index contributed by atoms with van der Waals surface area (Å²) in [5, 5.41) is 24.9.